The zero-order chi connectivity index (χ0) is 21.1. The molecule has 0 spiro atoms. The van der Waals surface area contributed by atoms with Crippen LogP contribution in [0.15, 0.2) is 48.5 Å². The summed E-state index contributed by atoms with van der Waals surface area (Å²) in [6.07, 6.45) is -1.29. The molecule has 0 aliphatic heterocycles. The van der Waals surface area contributed by atoms with Crippen LogP contribution in [-0.2, 0) is 29.0 Å². The van der Waals surface area contributed by atoms with Gasteiger partial charge in [-0.15, -0.1) is 0 Å². The van der Waals surface area contributed by atoms with E-state index in [0.717, 1.165) is 5.56 Å². The number of fused-ring (bicyclic) bond motifs is 1. The molecule has 1 atom stereocenters. The highest BCUT2D eigenvalue weighted by molar-refractivity contribution is 6.45. The monoisotopic (exact) mass is 396 g/mol. The van der Waals surface area contributed by atoms with Crippen LogP contribution in [0.3, 0.4) is 0 Å². The number of nitrogens with zero attached hydrogens (tertiary/aromatic N) is 1. The van der Waals surface area contributed by atoms with E-state index in [1.807, 2.05) is 41.8 Å². The predicted octanol–water partition coefficient (Wildman–Crippen LogP) is 3.21. The number of aliphatic carboxylic acids is 1. The first kappa shape index (κ1) is 20.3. The molecule has 2 aromatic carbocycles. The fraction of sp³-hybridized carbons (Fsp3) is 0.227. The Morgan fingerprint density at radius 3 is 2.38 bits per heavy atom. The summed E-state index contributed by atoms with van der Waals surface area (Å²) in [5.41, 5.74) is 7.17. The summed E-state index contributed by atoms with van der Waals surface area (Å²) in [5, 5.41) is 9.30. The van der Waals surface area contributed by atoms with Crippen molar-refractivity contribution < 1.29 is 23.9 Å². The molecule has 0 aliphatic rings. The number of aryl methyl sites for hydroxylation is 2. The number of carboxylic acid groups (broad SMARTS) is 1. The van der Waals surface area contributed by atoms with Gasteiger partial charge in [0.15, 0.2) is 0 Å². The van der Waals surface area contributed by atoms with Crippen molar-refractivity contribution in [2.24, 2.45) is 5.73 Å². The number of benzene rings is 2. The average Bonchev–Trinajstić information content (AvgIpc) is 3.05. The minimum absolute atomic E-state index is 0.0115. The van der Waals surface area contributed by atoms with Crippen molar-refractivity contribution in [2.75, 3.05) is 0 Å². The number of rotatable bonds is 8. The molecular formula is C22H21FN2O4. The van der Waals surface area contributed by atoms with Gasteiger partial charge >= 0.3 is 5.97 Å². The molecule has 0 aliphatic carbocycles. The Hall–Kier alpha value is -3.48. The van der Waals surface area contributed by atoms with Crippen LogP contribution < -0.4 is 5.73 Å². The number of hydrogen-bond donors (Lipinski definition) is 2. The normalized spacial score (nSPS) is 12.1. The number of alkyl halides is 1. The molecule has 1 heterocycles. The van der Waals surface area contributed by atoms with Crippen LogP contribution in [0.25, 0.3) is 10.9 Å². The molecule has 0 radical (unpaired) electrons. The lowest BCUT2D eigenvalue weighted by Gasteiger charge is -2.11. The number of Topliss-reactive ketones (excluding diaryl/α,β-unsaturated/α-hetero) is 1. The highest BCUT2D eigenvalue weighted by Crippen LogP contribution is 2.35. The maximum absolute atomic E-state index is 14.5. The molecule has 0 saturated heterocycles. The standard InChI is InChI=1S/C22H21FN2O4/c1-2-15-18(20(26)21(24)27)17-14(19(23)22(28)29)9-6-10-16(17)25(15)12-11-13-7-4-3-5-8-13/h3-10,19H,2,11-12H2,1H3,(H2,24,27)(H,28,29). The van der Waals surface area contributed by atoms with E-state index in [1.54, 1.807) is 12.1 Å². The predicted molar refractivity (Wildman–Crippen MR) is 106 cm³/mol. The number of amides is 1. The molecule has 3 N–H and O–H groups in total. The minimum atomic E-state index is -2.33. The van der Waals surface area contributed by atoms with Crippen LogP contribution in [0.2, 0.25) is 0 Å². The third kappa shape index (κ3) is 3.76. The minimum Gasteiger partial charge on any atom is -0.479 e. The third-order valence-electron chi connectivity index (χ3n) is 4.97. The van der Waals surface area contributed by atoms with E-state index in [0.29, 0.717) is 30.6 Å². The van der Waals surface area contributed by atoms with Gasteiger partial charge in [-0.3, -0.25) is 9.59 Å². The van der Waals surface area contributed by atoms with Gasteiger partial charge in [0.1, 0.15) is 0 Å². The first-order valence-corrected chi connectivity index (χ1v) is 9.25. The topological polar surface area (TPSA) is 102 Å². The van der Waals surface area contributed by atoms with Gasteiger partial charge in [-0.2, -0.15) is 0 Å². The Morgan fingerprint density at radius 2 is 1.79 bits per heavy atom. The largest absolute Gasteiger partial charge is 0.479 e. The van der Waals surface area contributed by atoms with Gasteiger partial charge in [-0.05, 0) is 24.5 Å². The fourth-order valence-electron chi connectivity index (χ4n) is 3.70. The molecule has 0 fully saturated rings. The fourth-order valence-corrected chi connectivity index (χ4v) is 3.70. The van der Waals surface area contributed by atoms with Gasteiger partial charge in [0.2, 0.25) is 6.17 Å². The second-order valence-electron chi connectivity index (χ2n) is 6.70. The molecule has 7 heteroatoms. The molecular weight excluding hydrogens is 375 g/mol. The average molecular weight is 396 g/mol. The Balaban J connectivity index is 2.25. The van der Waals surface area contributed by atoms with Crippen molar-refractivity contribution in [1.29, 1.82) is 0 Å². The van der Waals surface area contributed by atoms with Crippen molar-refractivity contribution in [3.8, 4) is 0 Å². The molecule has 150 valence electrons. The number of ketones is 1. The number of primary amides is 1. The van der Waals surface area contributed by atoms with E-state index < -0.39 is 23.8 Å². The number of halogens is 1. The molecule has 1 unspecified atom stereocenters. The summed E-state index contributed by atoms with van der Waals surface area (Å²) in [6.45, 7) is 2.29. The zero-order valence-electron chi connectivity index (χ0n) is 15.9. The molecule has 6 nitrogen and oxygen atoms in total. The van der Waals surface area contributed by atoms with Gasteiger partial charge in [-0.25, -0.2) is 9.18 Å². The highest BCUT2D eigenvalue weighted by Gasteiger charge is 2.30. The van der Waals surface area contributed by atoms with Crippen molar-refractivity contribution in [2.45, 2.75) is 32.5 Å². The van der Waals surface area contributed by atoms with Crippen LogP contribution >= 0.6 is 0 Å². The number of aromatic nitrogens is 1. The number of carbonyl (C=O) groups is 3. The van der Waals surface area contributed by atoms with Gasteiger partial charge in [-0.1, -0.05) is 49.4 Å². The zero-order valence-corrected chi connectivity index (χ0v) is 15.9. The lowest BCUT2D eigenvalue weighted by Crippen LogP contribution is -2.24. The maximum atomic E-state index is 14.5. The van der Waals surface area contributed by atoms with Crippen LogP contribution in [0.5, 0.6) is 0 Å². The SMILES string of the molecule is CCc1c(C(=O)C(N)=O)c2c(C(F)C(=O)O)cccc2n1CCc1ccccc1. The Bertz CT molecular complexity index is 1090. The summed E-state index contributed by atoms with van der Waals surface area (Å²) in [5.74, 6) is -3.78. The first-order valence-electron chi connectivity index (χ1n) is 9.25. The van der Waals surface area contributed by atoms with Crippen LogP contribution in [0.1, 0.15) is 40.3 Å². The summed E-state index contributed by atoms with van der Waals surface area (Å²) < 4.78 is 16.3. The molecule has 1 amide bonds. The van der Waals surface area contributed by atoms with Crippen LogP contribution in [0, 0.1) is 0 Å². The summed E-state index contributed by atoms with van der Waals surface area (Å²) in [6, 6.07) is 14.3. The number of nitrogens with two attached hydrogens (primary N) is 1. The first-order chi connectivity index (χ1) is 13.9. The van der Waals surface area contributed by atoms with Crippen LogP contribution in [0.4, 0.5) is 4.39 Å². The quantitative estimate of drug-likeness (QED) is 0.451. The lowest BCUT2D eigenvalue weighted by atomic mass is 9.98. The van der Waals surface area contributed by atoms with Crippen molar-refractivity contribution in [3.63, 3.8) is 0 Å². The summed E-state index contributed by atoms with van der Waals surface area (Å²) in [7, 11) is 0. The summed E-state index contributed by atoms with van der Waals surface area (Å²) >= 11 is 0. The van der Waals surface area contributed by atoms with Crippen molar-refractivity contribution in [3.05, 3.63) is 70.9 Å². The van der Waals surface area contributed by atoms with Gasteiger partial charge < -0.3 is 15.4 Å². The van der Waals surface area contributed by atoms with E-state index >= 15 is 0 Å². The van der Waals surface area contributed by atoms with Gasteiger partial charge in [0, 0.05) is 28.7 Å². The van der Waals surface area contributed by atoms with Crippen LogP contribution in [-0.4, -0.2) is 27.3 Å². The second-order valence-corrected chi connectivity index (χ2v) is 6.70. The van der Waals surface area contributed by atoms with Gasteiger partial charge in [0.25, 0.3) is 11.7 Å². The Kier molecular flexibility index (Phi) is 5.77. The smallest absolute Gasteiger partial charge is 0.343 e. The lowest BCUT2D eigenvalue weighted by molar-refractivity contribution is -0.143. The number of hydrogen-bond acceptors (Lipinski definition) is 3. The molecule has 29 heavy (non-hydrogen) atoms. The van der Waals surface area contributed by atoms with Gasteiger partial charge in [0.05, 0.1) is 5.56 Å². The Labute approximate surface area is 166 Å². The van der Waals surface area contributed by atoms with E-state index in [9.17, 15) is 18.8 Å². The molecule has 3 aromatic rings. The Morgan fingerprint density at radius 1 is 1.10 bits per heavy atom. The summed E-state index contributed by atoms with van der Waals surface area (Å²) in [4.78, 5) is 35.6. The molecule has 1 aromatic heterocycles. The second kappa shape index (κ2) is 8.26. The van der Waals surface area contributed by atoms with E-state index in [1.165, 1.54) is 6.07 Å². The van der Waals surface area contributed by atoms with E-state index in [-0.39, 0.29) is 16.5 Å². The third-order valence-corrected chi connectivity index (χ3v) is 4.97. The van der Waals surface area contributed by atoms with E-state index in [4.69, 9.17) is 10.8 Å². The highest BCUT2D eigenvalue weighted by atomic mass is 19.1. The van der Waals surface area contributed by atoms with Crippen molar-refractivity contribution >= 4 is 28.6 Å². The molecule has 0 saturated carbocycles. The van der Waals surface area contributed by atoms with Crippen molar-refractivity contribution in [1.82, 2.24) is 4.57 Å². The molecule has 3 rings (SSSR count). The number of carboxylic acids is 1. The number of carbonyl (C=O) groups excluding carboxylic acids is 2. The molecule has 0 bridgehead atoms. The maximum Gasteiger partial charge on any atom is 0.343 e. The van der Waals surface area contributed by atoms with E-state index in [2.05, 4.69) is 0 Å².